The van der Waals surface area contributed by atoms with Gasteiger partial charge >= 0.3 is 0 Å². The fourth-order valence-electron chi connectivity index (χ4n) is 1.59. The van der Waals surface area contributed by atoms with Crippen molar-refractivity contribution in [1.29, 1.82) is 0 Å². The van der Waals surface area contributed by atoms with E-state index in [9.17, 15) is 14.7 Å². The standard InChI is InChI=1S/C15H24N2O4/c1-14(2,3)13(19)16-8-7-12(18)17-10-15(4,20)11-6-5-9-21-11/h5-6,9,20H,7-8,10H2,1-4H3,(H,16,19)(H,17,18). The first-order valence-corrected chi connectivity index (χ1v) is 6.94. The smallest absolute Gasteiger partial charge is 0.225 e. The van der Waals surface area contributed by atoms with Crippen molar-refractivity contribution in [2.45, 2.75) is 39.7 Å². The normalized spacial score (nSPS) is 14.3. The number of carbonyl (C=O) groups is 2. The molecule has 3 N–H and O–H groups in total. The summed E-state index contributed by atoms with van der Waals surface area (Å²) >= 11 is 0. The molecule has 1 unspecified atom stereocenters. The molecule has 0 radical (unpaired) electrons. The van der Waals surface area contributed by atoms with Gasteiger partial charge in [-0.3, -0.25) is 9.59 Å². The van der Waals surface area contributed by atoms with Crippen LogP contribution in [-0.2, 0) is 15.2 Å². The third-order valence-electron chi connectivity index (χ3n) is 3.00. The van der Waals surface area contributed by atoms with E-state index in [0.29, 0.717) is 5.76 Å². The number of rotatable bonds is 6. The molecule has 21 heavy (non-hydrogen) atoms. The third-order valence-corrected chi connectivity index (χ3v) is 3.00. The monoisotopic (exact) mass is 296 g/mol. The fraction of sp³-hybridized carbons (Fsp3) is 0.600. The summed E-state index contributed by atoms with van der Waals surface area (Å²) in [6.07, 6.45) is 1.63. The third kappa shape index (κ3) is 5.59. The molecule has 0 bridgehead atoms. The number of carbonyl (C=O) groups excluding carboxylic acids is 2. The lowest BCUT2D eigenvalue weighted by Gasteiger charge is -2.21. The molecule has 6 heteroatoms. The molecule has 0 aliphatic carbocycles. The first kappa shape index (κ1) is 17.2. The highest BCUT2D eigenvalue weighted by molar-refractivity contribution is 5.82. The summed E-state index contributed by atoms with van der Waals surface area (Å²) in [5, 5.41) is 15.5. The minimum Gasteiger partial charge on any atom is -0.466 e. The van der Waals surface area contributed by atoms with Gasteiger partial charge in [0.25, 0.3) is 0 Å². The molecule has 1 heterocycles. The molecule has 0 aliphatic heterocycles. The quantitative estimate of drug-likeness (QED) is 0.734. The number of aliphatic hydroxyl groups is 1. The fourth-order valence-corrected chi connectivity index (χ4v) is 1.59. The first-order valence-electron chi connectivity index (χ1n) is 6.94. The van der Waals surface area contributed by atoms with Crippen molar-refractivity contribution in [1.82, 2.24) is 10.6 Å². The molecule has 0 saturated carbocycles. The van der Waals surface area contributed by atoms with Gasteiger partial charge in [0.2, 0.25) is 11.8 Å². The van der Waals surface area contributed by atoms with Crippen LogP contribution in [0.25, 0.3) is 0 Å². The van der Waals surface area contributed by atoms with Crippen LogP contribution >= 0.6 is 0 Å². The highest BCUT2D eigenvalue weighted by atomic mass is 16.4. The minimum absolute atomic E-state index is 0.0482. The largest absolute Gasteiger partial charge is 0.466 e. The summed E-state index contributed by atoms with van der Waals surface area (Å²) in [4.78, 5) is 23.3. The van der Waals surface area contributed by atoms with E-state index < -0.39 is 11.0 Å². The van der Waals surface area contributed by atoms with Crippen LogP contribution in [0.2, 0.25) is 0 Å². The van der Waals surface area contributed by atoms with Crippen LogP contribution in [-0.4, -0.2) is 30.0 Å². The second-order valence-corrected chi connectivity index (χ2v) is 6.28. The zero-order chi connectivity index (χ0) is 16.1. The summed E-state index contributed by atoms with van der Waals surface area (Å²) in [6.45, 7) is 7.31. The van der Waals surface area contributed by atoms with Crippen LogP contribution in [0.5, 0.6) is 0 Å². The van der Waals surface area contributed by atoms with Crippen molar-refractivity contribution < 1.29 is 19.1 Å². The van der Waals surface area contributed by atoms with Crippen molar-refractivity contribution in [3.8, 4) is 0 Å². The van der Waals surface area contributed by atoms with Crippen LogP contribution in [0.4, 0.5) is 0 Å². The molecular weight excluding hydrogens is 272 g/mol. The van der Waals surface area contributed by atoms with E-state index in [1.807, 2.05) is 20.8 Å². The lowest BCUT2D eigenvalue weighted by molar-refractivity contribution is -0.128. The highest BCUT2D eigenvalue weighted by Crippen LogP contribution is 2.19. The maximum atomic E-state index is 11.7. The molecule has 118 valence electrons. The Balaban J connectivity index is 2.30. The molecule has 1 aromatic heterocycles. The molecule has 1 atom stereocenters. The van der Waals surface area contributed by atoms with Gasteiger partial charge in [-0.25, -0.2) is 0 Å². The lowest BCUT2D eigenvalue weighted by atomic mass is 9.96. The minimum atomic E-state index is -1.26. The zero-order valence-corrected chi connectivity index (χ0v) is 13.0. The van der Waals surface area contributed by atoms with Gasteiger partial charge in [0, 0.05) is 18.4 Å². The second-order valence-electron chi connectivity index (χ2n) is 6.28. The van der Waals surface area contributed by atoms with Crippen LogP contribution in [0.15, 0.2) is 22.8 Å². The predicted molar refractivity (Wildman–Crippen MR) is 78.4 cm³/mol. The summed E-state index contributed by atoms with van der Waals surface area (Å²) in [5.74, 6) is 0.0535. The van der Waals surface area contributed by atoms with Gasteiger partial charge in [0.15, 0.2) is 0 Å². The van der Waals surface area contributed by atoms with Gasteiger partial charge in [0.1, 0.15) is 11.4 Å². The van der Waals surface area contributed by atoms with Crippen LogP contribution < -0.4 is 10.6 Å². The van der Waals surface area contributed by atoms with Gasteiger partial charge in [0.05, 0.1) is 12.8 Å². The highest BCUT2D eigenvalue weighted by Gasteiger charge is 2.26. The molecular formula is C15H24N2O4. The Labute approximate surface area is 124 Å². The summed E-state index contributed by atoms with van der Waals surface area (Å²) in [7, 11) is 0. The molecule has 1 rings (SSSR count). The van der Waals surface area contributed by atoms with Gasteiger partial charge in [-0.1, -0.05) is 20.8 Å². The van der Waals surface area contributed by atoms with Crippen LogP contribution in [0.1, 0.15) is 39.9 Å². The Hall–Kier alpha value is -1.82. The van der Waals surface area contributed by atoms with Crippen molar-refractivity contribution in [3.05, 3.63) is 24.2 Å². The number of nitrogens with one attached hydrogen (secondary N) is 2. The molecule has 0 spiro atoms. The maximum absolute atomic E-state index is 11.7. The summed E-state index contributed by atoms with van der Waals surface area (Å²) in [5.41, 5.74) is -1.73. The van der Waals surface area contributed by atoms with E-state index in [2.05, 4.69) is 10.6 Å². The van der Waals surface area contributed by atoms with Crippen molar-refractivity contribution >= 4 is 11.8 Å². The number of furan rings is 1. The lowest BCUT2D eigenvalue weighted by Crippen LogP contribution is -2.40. The first-order chi connectivity index (χ1) is 9.63. The van der Waals surface area contributed by atoms with Crippen molar-refractivity contribution in [2.24, 2.45) is 5.41 Å². The van der Waals surface area contributed by atoms with E-state index in [-0.39, 0.29) is 31.3 Å². The van der Waals surface area contributed by atoms with Crippen LogP contribution in [0, 0.1) is 5.41 Å². The van der Waals surface area contributed by atoms with E-state index in [1.165, 1.54) is 6.26 Å². The summed E-state index contributed by atoms with van der Waals surface area (Å²) in [6, 6.07) is 3.32. The van der Waals surface area contributed by atoms with Gasteiger partial charge in [-0.2, -0.15) is 0 Å². The van der Waals surface area contributed by atoms with Crippen molar-refractivity contribution in [2.75, 3.05) is 13.1 Å². The van der Waals surface area contributed by atoms with Gasteiger partial charge in [-0.05, 0) is 19.1 Å². The van der Waals surface area contributed by atoms with Crippen molar-refractivity contribution in [3.63, 3.8) is 0 Å². The van der Waals surface area contributed by atoms with E-state index in [1.54, 1.807) is 19.1 Å². The van der Waals surface area contributed by atoms with Crippen LogP contribution in [0.3, 0.4) is 0 Å². The molecule has 0 aromatic carbocycles. The Morgan fingerprint density at radius 3 is 2.43 bits per heavy atom. The molecule has 0 saturated heterocycles. The molecule has 0 fully saturated rings. The SMILES string of the molecule is CC(C)(C)C(=O)NCCC(=O)NCC(C)(O)c1ccco1. The van der Waals surface area contributed by atoms with E-state index in [0.717, 1.165) is 0 Å². The van der Waals surface area contributed by atoms with Gasteiger partial charge < -0.3 is 20.2 Å². The Bertz CT molecular complexity index is 472. The maximum Gasteiger partial charge on any atom is 0.225 e. The Morgan fingerprint density at radius 1 is 1.24 bits per heavy atom. The Morgan fingerprint density at radius 2 is 1.90 bits per heavy atom. The predicted octanol–water partition coefficient (Wildman–Crippen LogP) is 1.16. The average Bonchev–Trinajstić information content (AvgIpc) is 2.89. The zero-order valence-electron chi connectivity index (χ0n) is 13.0. The Kier molecular flexibility index (Phi) is 5.54. The molecule has 2 amide bonds. The topological polar surface area (TPSA) is 91.6 Å². The van der Waals surface area contributed by atoms with E-state index >= 15 is 0 Å². The van der Waals surface area contributed by atoms with Gasteiger partial charge in [-0.15, -0.1) is 0 Å². The second kappa shape index (κ2) is 6.76. The molecule has 0 aliphatic rings. The molecule has 1 aromatic rings. The number of amides is 2. The average molecular weight is 296 g/mol. The summed E-state index contributed by atoms with van der Waals surface area (Å²) < 4.78 is 5.12. The van der Waals surface area contributed by atoms with E-state index in [4.69, 9.17) is 4.42 Å². The number of hydrogen-bond acceptors (Lipinski definition) is 4. The molecule has 6 nitrogen and oxygen atoms in total. The number of hydrogen-bond donors (Lipinski definition) is 3.